The summed E-state index contributed by atoms with van der Waals surface area (Å²) in [5.41, 5.74) is 1.24. The number of hydrogen-bond acceptors (Lipinski definition) is 4. The van der Waals surface area contributed by atoms with Gasteiger partial charge in [0.15, 0.2) is 6.10 Å². The Morgan fingerprint density at radius 3 is 2.23 bits per heavy atom. The Balaban J connectivity index is 2.04. The van der Waals surface area contributed by atoms with Crippen LogP contribution in [0.3, 0.4) is 0 Å². The van der Waals surface area contributed by atoms with Crippen LogP contribution >= 0.6 is 22.6 Å². The molecule has 2 aromatic carbocycles. The molecule has 0 aliphatic rings. The molecule has 0 aliphatic carbocycles. The van der Waals surface area contributed by atoms with Gasteiger partial charge in [-0.2, -0.15) is 0 Å². The van der Waals surface area contributed by atoms with Crippen LogP contribution < -0.4 is 14.4 Å². The first-order chi connectivity index (χ1) is 12.2. The number of rotatable bonds is 7. The minimum Gasteiger partial charge on any atom is -0.481 e. The Morgan fingerprint density at radius 1 is 1.15 bits per heavy atom. The SMILES string of the molecule is CC[C@H](Oc1ccc(N(C)S(C)(=O)=O)cc1)C(=O)Nc1ccc(I)cc1. The van der Waals surface area contributed by atoms with Gasteiger partial charge < -0.3 is 10.1 Å². The maximum atomic E-state index is 12.4. The van der Waals surface area contributed by atoms with Gasteiger partial charge in [0.2, 0.25) is 10.0 Å². The van der Waals surface area contributed by atoms with Crippen molar-refractivity contribution >= 4 is 49.9 Å². The highest BCUT2D eigenvalue weighted by Gasteiger charge is 2.19. The second kappa shape index (κ2) is 8.72. The van der Waals surface area contributed by atoms with Crippen LogP contribution in [0.2, 0.25) is 0 Å². The van der Waals surface area contributed by atoms with Crippen molar-refractivity contribution in [3.63, 3.8) is 0 Å². The number of anilines is 2. The summed E-state index contributed by atoms with van der Waals surface area (Å²) in [4.78, 5) is 12.4. The largest absolute Gasteiger partial charge is 0.481 e. The Kier molecular flexibility index (Phi) is 6.87. The third kappa shape index (κ3) is 5.60. The molecule has 0 bridgehead atoms. The van der Waals surface area contributed by atoms with E-state index in [4.69, 9.17) is 4.74 Å². The number of ether oxygens (including phenoxy) is 1. The van der Waals surface area contributed by atoms with Gasteiger partial charge in [-0.1, -0.05) is 6.92 Å². The first-order valence-corrected chi connectivity index (χ1v) is 10.9. The summed E-state index contributed by atoms with van der Waals surface area (Å²) in [5.74, 6) is 0.270. The van der Waals surface area contributed by atoms with E-state index in [2.05, 4.69) is 27.9 Å². The fourth-order valence-corrected chi connectivity index (χ4v) is 3.03. The van der Waals surface area contributed by atoms with Gasteiger partial charge in [-0.05, 0) is 77.5 Å². The summed E-state index contributed by atoms with van der Waals surface area (Å²) in [6.45, 7) is 1.87. The van der Waals surface area contributed by atoms with E-state index < -0.39 is 16.1 Å². The highest BCUT2D eigenvalue weighted by Crippen LogP contribution is 2.22. The van der Waals surface area contributed by atoms with Gasteiger partial charge in [0.1, 0.15) is 5.75 Å². The molecule has 0 aliphatic heterocycles. The van der Waals surface area contributed by atoms with Crippen molar-refractivity contribution in [2.45, 2.75) is 19.4 Å². The number of nitrogens with one attached hydrogen (secondary N) is 1. The lowest BCUT2D eigenvalue weighted by atomic mass is 10.2. The van der Waals surface area contributed by atoms with Crippen molar-refractivity contribution in [3.05, 3.63) is 52.1 Å². The van der Waals surface area contributed by atoms with E-state index in [1.165, 1.54) is 11.4 Å². The molecule has 0 radical (unpaired) electrons. The zero-order chi connectivity index (χ0) is 19.3. The maximum absolute atomic E-state index is 12.4. The molecule has 1 N–H and O–H groups in total. The van der Waals surface area contributed by atoms with Gasteiger partial charge in [0, 0.05) is 16.3 Å². The summed E-state index contributed by atoms with van der Waals surface area (Å²) < 4.78 is 31.2. The summed E-state index contributed by atoms with van der Waals surface area (Å²) in [7, 11) is -1.84. The fraction of sp³-hybridized carbons (Fsp3) is 0.278. The van der Waals surface area contributed by atoms with Gasteiger partial charge >= 0.3 is 0 Å². The lowest BCUT2D eigenvalue weighted by Gasteiger charge is -2.19. The van der Waals surface area contributed by atoms with Gasteiger partial charge in [-0.25, -0.2) is 8.42 Å². The van der Waals surface area contributed by atoms with Gasteiger partial charge in [-0.15, -0.1) is 0 Å². The van der Waals surface area contributed by atoms with Crippen molar-refractivity contribution in [2.24, 2.45) is 0 Å². The van der Waals surface area contributed by atoms with E-state index in [-0.39, 0.29) is 5.91 Å². The highest BCUT2D eigenvalue weighted by atomic mass is 127. The minimum absolute atomic E-state index is 0.231. The molecule has 0 fully saturated rings. The van der Waals surface area contributed by atoms with Crippen LogP contribution in [0.5, 0.6) is 5.75 Å². The molecule has 0 unspecified atom stereocenters. The average molecular weight is 488 g/mol. The molecule has 140 valence electrons. The molecular weight excluding hydrogens is 467 g/mol. The number of hydrogen-bond donors (Lipinski definition) is 1. The molecule has 1 amide bonds. The van der Waals surface area contributed by atoms with Crippen molar-refractivity contribution in [3.8, 4) is 5.75 Å². The fourth-order valence-electron chi connectivity index (χ4n) is 2.17. The van der Waals surface area contributed by atoms with E-state index in [9.17, 15) is 13.2 Å². The topological polar surface area (TPSA) is 75.7 Å². The molecule has 0 saturated carbocycles. The number of halogens is 1. The lowest BCUT2D eigenvalue weighted by Crippen LogP contribution is -2.32. The molecule has 2 rings (SSSR count). The molecule has 0 saturated heterocycles. The Hall–Kier alpha value is -1.81. The highest BCUT2D eigenvalue weighted by molar-refractivity contribution is 14.1. The molecule has 1 atom stereocenters. The summed E-state index contributed by atoms with van der Waals surface area (Å²) in [6.07, 6.45) is 0.994. The minimum atomic E-state index is -3.32. The summed E-state index contributed by atoms with van der Waals surface area (Å²) in [5, 5.41) is 2.84. The molecule has 0 aromatic heterocycles. The van der Waals surface area contributed by atoms with Crippen LogP contribution in [0.25, 0.3) is 0 Å². The molecule has 6 nitrogen and oxygen atoms in total. The van der Waals surface area contributed by atoms with Gasteiger partial charge in [-0.3, -0.25) is 9.10 Å². The predicted molar refractivity (Wildman–Crippen MR) is 112 cm³/mol. The van der Waals surface area contributed by atoms with E-state index in [0.717, 1.165) is 9.83 Å². The molecule has 26 heavy (non-hydrogen) atoms. The maximum Gasteiger partial charge on any atom is 0.265 e. The lowest BCUT2D eigenvalue weighted by molar-refractivity contribution is -0.122. The van der Waals surface area contributed by atoms with Crippen LogP contribution in [0.1, 0.15) is 13.3 Å². The molecular formula is C18H21IN2O4S. The molecule has 8 heteroatoms. The predicted octanol–water partition coefficient (Wildman–Crippen LogP) is 3.48. The third-order valence-corrected chi connectivity index (χ3v) is 5.68. The Morgan fingerprint density at radius 2 is 1.73 bits per heavy atom. The summed E-state index contributed by atoms with van der Waals surface area (Å²) >= 11 is 2.20. The first-order valence-electron chi connectivity index (χ1n) is 7.97. The van der Waals surface area contributed by atoms with Gasteiger partial charge in [0.25, 0.3) is 5.91 Å². The van der Waals surface area contributed by atoms with E-state index in [1.54, 1.807) is 24.3 Å². The van der Waals surface area contributed by atoms with Crippen molar-refractivity contribution in [1.82, 2.24) is 0 Å². The Labute approximate surface area is 167 Å². The average Bonchev–Trinajstić information content (AvgIpc) is 2.60. The first kappa shape index (κ1) is 20.5. The van der Waals surface area contributed by atoms with Gasteiger partial charge in [0.05, 0.1) is 11.9 Å². The van der Waals surface area contributed by atoms with E-state index >= 15 is 0 Å². The van der Waals surface area contributed by atoms with Crippen LogP contribution in [0.15, 0.2) is 48.5 Å². The number of carbonyl (C=O) groups excluding carboxylic acids is 1. The third-order valence-electron chi connectivity index (χ3n) is 3.75. The molecule has 2 aromatic rings. The molecule has 0 heterocycles. The number of benzene rings is 2. The zero-order valence-electron chi connectivity index (χ0n) is 14.8. The number of nitrogens with zero attached hydrogens (tertiary/aromatic N) is 1. The second-order valence-electron chi connectivity index (χ2n) is 5.74. The number of amides is 1. The van der Waals surface area contributed by atoms with Crippen molar-refractivity contribution < 1.29 is 17.9 Å². The smallest absolute Gasteiger partial charge is 0.265 e. The summed E-state index contributed by atoms with van der Waals surface area (Å²) in [6, 6.07) is 14.1. The number of carbonyl (C=O) groups is 1. The van der Waals surface area contributed by atoms with Crippen LogP contribution in [0.4, 0.5) is 11.4 Å². The zero-order valence-corrected chi connectivity index (χ0v) is 17.7. The molecule has 0 spiro atoms. The van der Waals surface area contributed by atoms with Crippen LogP contribution in [0, 0.1) is 3.57 Å². The monoisotopic (exact) mass is 488 g/mol. The normalized spacial score (nSPS) is 12.3. The van der Waals surface area contributed by atoms with Crippen LogP contribution in [-0.4, -0.2) is 33.7 Å². The Bertz CT molecular complexity index is 852. The second-order valence-corrected chi connectivity index (χ2v) is 8.99. The van der Waals surface area contributed by atoms with Crippen molar-refractivity contribution in [2.75, 3.05) is 22.9 Å². The quantitative estimate of drug-likeness (QED) is 0.606. The standard InChI is InChI=1S/C18H21IN2O4S/c1-4-17(18(22)20-14-7-5-13(19)6-8-14)25-16-11-9-15(10-12-16)21(2)26(3,23)24/h5-12,17H,4H2,1-3H3,(H,20,22)/t17-/m0/s1. The van der Waals surface area contributed by atoms with Crippen molar-refractivity contribution in [1.29, 1.82) is 0 Å². The van der Waals surface area contributed by atoms with E-state index in [1.807, 2.05) is 31.2 Å². The number of sulfonamides is 1. The van der Waals surface area contributed by atoms with Crippen LogP contribution in [-0.2, 0) is 14.8 Å². The van der Waals surface area contributed by atoms with E-state index in [0.29, 0.717) is 23.5 Å².